The second-order valence-corrected chi connectivity index (χ2v) is 15.9. The lowest BCUT2D eigenvalue weighted by molar-refractivity contribution is -0.870. The Bertz CT molecular complexity index is 1040. The number of hydrogen-bond acceptors (Lipinski definition) is 7. The number of phosphoric acid groups is 1. The van der Waals surface area contributed by atoms with Gasteiger partial charge in [0.25, 0.3) is 7.82 Å². The molecule has 1 amide bonds. The molecule has 9 nitrogen and oxygen atoms in total. The maximum absolute atomic E-state index is 12.8. The predicted molar refractivity (Wildman–Crippen MR) is 211 cm³/mol. The first-order valence-electron chi connectivity index (χ1n) is 19.7. The fourth-order valence-electron chi connectivity index (χ4n) is 5.10. The van der Waals surface area contributed by atoms with Crippen molar-refractivity contribution in [3.8, 4) is 0 Å². The van der Waals surface area contributed by atoms with E-state index in [2.05, 4.69) is 61.7 Å². The fourth-order valence-corrected chi connectivity index (χ4v) is 5.82. The summed E-state index contributed by atoms with van der Waals surface area (Å²) in [5.74, 6) is -0.270. The van der Waals surface area contributed by atoms with Gasteiger partial charge in [0.15, 0.2) is 0 Å². The number of rotatable bonds is 34. The van der Waals surface area contributed by atoms with Gasteiger partial charge in [-0.3, -0.25) is 9.36 Å². The van der Waals surface area contributed by atoms with Crippen molar-refractivity contribution < 1.29 is 38.0 Å². The van der Waals surface area contributed by atoms with E-state index < -0.39 is 26.6 Å². The van der Waals surface area contributed by atoms with Gasteiger partial charge in [-0.1, -0.05) is 132 Å². The number of aliphatic hydroxyl groups is 2. The van der Waals surface area contributed by atoms with Crippen molar-refractivity contribution in [2.24, 2.45) is 0 Å². The van der Waals surface area contributed by atoms with Crippen LogP contribution in [-0.2, 0) is 18.4 Å². The number of quaternary nitrogens is 1. The SMILES string of the molecule is CCCCCCCCCCC/C=C/[C@@H](O)[C@H](COP(=O)([O-])OCC[N+](C)(C)C)NC(=O)CCC/C=C\C/C=C\C/C=C\C/C=C\CC(O)CCC. The number of nitrogens with zero attached hydrogens (tertiary/aromatic N) is 1. The molecular weight excluding hydrogens is 663 g/mol. The summed E-state index contributed by atoms with van der Waals surface area (Å²) in [6.07, 6.45) is 37.6. The third-order valence-corrected chi connectivity index (χ3v) is 9.24. The zero-order valence-corrected chi connectivity index (χ0v) is 33.8. The Balaban J connectivity index is 4.63. The minimum absolute atomic E-state index is 0.0208. The summed E-state index contributed by atoms with van der Waals surface area (Å²) in [6, 6.07) is -0.925. The quantitative estimate of drug-likeness (QED) is 0.0261. The molecule has 0 rings (SSSR count). The molecule has 4 atom stereocenters. The second kappa shape index (κ2) is 32.8. The van der Waals surface area contributed by atoms with E-state index in [0.717, 1.165) is 57.8 Å². The molecule has 0 aromatic carbocycles. The number of amides is 1. The third-order valence-electron chi connectivity index (χ3n) is 8.28. The van der Waals surface area contributed by atoms with Crippen LogP contribution < -0.4 is 10.2 Å². The van der Waals surface area contributed by atoms with Gasteiger partial charge in [0, 0.05) is 6.42 Å². The van der Waals surface area contributed by atoms with Crippen LogP contribution in [0.15, 0.2) is 60.8 Å². The molecule has 0 aromatic heterocycles. The molecule has 0 aliphatic carbocycles. The van der Waals surface area contributed by atoms with Crippen LogP contribution in [0.4, 0.5) is 0 Å². The zero-order chi connectivity index (χ0) is 38.1. The first-order chi connectivity index (χ1) is 24.4. The van der Waals surface area contributed by atoms with Crippen molar-refractivity contribution in [1.29, 1.82) is 0 Å². The minimum Gasteiger partial charge on any atom is -0.756 e. The lowest BCUT2D eigenvalue weighted by Crippen LogP contribution is -2.45. The maximum atomic E-state index is 12.8. The van der Waals surface area contributed by atoms with E-state index in [9.17, 15) is 24.5 Å². The summed E-state index contributed by atoms with van der Waals surface area (Å²) in [5.41, 5.74) is 0. The van der Waals surface area contributed by atoms with Gasteiger partial charge in [0.2, 0.25) is 5.91 Å². The van der Waals surface area contributed by atoms with E-state index in [1.165, 1.54) is 44.9 Å². The van der Waals surface area contributed by atoms with Crippen LogP contribution in [0.2, 0.25) is 0 Å². The molecule has 2 unspecified atom stereocenters. The topological polar surface area (TPSA) is 128 Å². The molecule has 0 bridgehead atoms. The minimum atomic E-state index is -4.61. The van der Waals surface area contributed by atoms with Crippen molar-refractivity contribution >= 4 is 13.7 Å². The molecule has 3 N–H and O–H groups in total. The van der Waals surface area contributed by atoms with Crippen LogP contribution >= 0.6 is 7.82 Å². The first-order valence-corrected chi connectivity index (χ1v) is 21.2. The highest BCUT2D eigenvalue weighted by Crippen LogP contribution is 2.38. The Kier molecular flexibility index (Phi) is 31.6. The molecule has 0 aromatic rings. The highest BCUT2D eigenvalue weighted by molar-refractivity contribution is 7.45. The van der Waals surface area contributed by atoms with Gasteiger partial charge in [-0.15, -0.1) is 0 Å². The fraction of sp³-hybridized carbons (Fsp3) is 0.732. The summed E-state index contributed by atoms with van der Waals surface area (Å²) in [4.78, 5) is 25.1. The third kappa shape index (κ3) is 35.0. The number of likely N-dealkylation sites (N-methyl/N-ethyl adjacent to an activating group) is 1. The largest absolute Gasteiger partial charge is 0.756 e. The average molecular weight is 739 g/mol. The zero-order valence-electron chi connectivity index (χ0n) is 32.9. The van der Waals surface area contributed by atoms with E-state index in [-0.39, 0.29) is 25.0 Å². The molecule has 51 heavy (non-hydrogen) atoms. The molecule has 0 fully saturated rings. The summed E-state index contributed by atoms with van der Waals surface area (Å²) >= 11 is 0. The summed E-state index contributed by atoms with van der Waals surface area (Å²) < 4.78 is 23.0. The average Bonchev–Trinajstić information content (AvgIpc) is 3.06. The maximum Gasteiger partial charge on any atom is 0.268 e. The lowest BCUT2D eigenvalue weighted by Gasteiger charge is -2.29. The highest BCUT2D eigenvalue weighted by atomic mass is 31.2. The van der Waals surface area contributed by atoms with Crippen LogP contribution in [0.3, 0.4) is 0 Å². The number of unbranched alkanes of at least 4 members (excludes halogenated alkanes) is 10. The van der Waals surface area contributed by atoms with Crippen molar-refractivity contribution in [2.45, 2.75) is 154 Å². The van der Waals surface area contributed by atoms with Crippen LogP contribution in [0.1, 0.15) is 136 Å². The van der Waals surface area contributed by atoms with E-state index >= 15 is 0 Å². The Morgan fingerprint density at radius 2 is 1.29 bits per heavy atom. The van der Waals surface area contributed by atoms with Gasteiger partial charge in [-0.05, 0) is 57.8 Å². The molecule has 0 aliphatic heterocycles. The van der Waals surface area contributed by atoms with Gasteiger partial charge in [0.05, 0.1) is 46.0 Å². The smallest absolute Gasteiger partial charge is 0.268 e. The Labute approximate surface area is 312 Å². The Morgan fingerprint density at radius 3 is 1.88 bits per heavy atom. The molecule has 10 heteroatoms. The van der Waals surface area contributed by atoms with Crippen LogP contribution in [0, 0.1) is 0 Å². The number of phosphoric ester groups is 1. The molecular formula is C41H75N2O7P. The highest BCUT2D eigenvalue weighted by Gasteiger charge is 2.23. The molecule has 0 heterocycles. The predicted octanol–water partition coefficient (Wildman–Crippen LogP) is 8.63. The normalized spacial score (nSPS) is 15.8. The molecule has 296 valence electrons. The van der Waals surface area contributed by atoms with Crippen molar-refractivity contribution in [3.05, 3.63) is 60.8 Å². The number of hydrogen-bond donors (Lipinski definition) is 3. The number of nitrogens with one attached hydrogen (secondary N) is 1. The van der Waals surface area contributed by atoms with Gasteiger partial charge >= 0.3 is 0 Å². The van der Waals surface area contributed by atoms with Crippen molar-refractivity contribution in [1.82, 2.24) is 5.32 Å². The Morgan fingerprint density at radius 1 is 0.745 bits per heavy atom. The second-order valence-electron chi connectivity index (χ2n) is 14.5. The number of carbonyl (C=O) groups excluding carboxylic acids is 1. The van der Waals surface area contributed by atoms with E-state index in [0.29, 0.717) is 23.9 Å². The monoisotopic (exact) mass is 739 g/mol. The summed E-state index contributed by atoms with van der Waals surface area (Å²) in [5, 5.41) is 23.4. The van der Waals surface area contributed by atoms with E-state index in [1.54, 1.807) is 6.08 Å². The van der Waals surface area contributed by atoms with Crippen LogP contribution in [-0.4, -0.2) is 79.8 Å². The number of carbonyl (C=O) groups is 1. The standard InChI is InChI=1S/C41H75N2O7P/c1-6-8-9-10-11-12-16-20-23-26-29-33-40(45)39(37-50-51(47,48)49-36-35-43(3,4)5)42-41(46)34-30-27-24-21-18-15-13-14-17-19-22-25-28-32-38(44)31-7-2/h13,15,17,19,21,24-25,28-29,33,38-40,44-45H,6-12,14,16,18,20,22-23,26-27,30-32,34-37H2,1-5H3,(H-,42,46,47,48)/b15-13-,19-17-,24-21-,28-25-,33-29+/t38?,39-,40+/m0/s1. The Hall–Kier alpha value is -1.84. The van der Waals surface area contributed by atoms with Gasteiger partial charge < -0.3 is 34.0 Å². The van der Waals surface area contributed by atoms with Crippen molar-refractivity contribution in [2.75, 3.05) is 40.9 Å². The first kappa shape index (κ1) is 49.2. The lowest BCUT2D eigenvalue weighted by atomic mass is 10.1. The number of allylic oxidation sites excluding steroid dienone is 8. The number of aliphatic hydroxyl groups excluding tert-OH is 2. The van der Waals surface area contributed by atoms with Crippen LogP contribution in [0.25, 0.3) is 0 Å². The summed E-state index contributed by atoms with van der Waals surface area (Å²) in [7, 11) is 1.19. The molecule has 0 saturated carbocycles. The van der Waals surface area contributed by atoms with Crippen molar-refractivity contribution in [3.63, 3.8) is 0 Å². The molecule has 0 aliphatic rings. The van der Waals surface area contributed by atoms with Crippen LogP contribution in [0.5, 0.6) is 0 Å². The van der Waals surface area contributed by atoms with Gasteiger partial charge in [0.1, 0.15) is 13.2 Å². The molecule has 0 spiro atoms. The van der Waals surface area contributed by atoms with Gasteiger partial charge in [-0.25, -0.2) is 0 Å². The van der Waals surface area contributed by atoms with E-state index in [4.69, 9.17) is 9.05 Å². The van der Waals surface area contributed by atoms with E-state index in [1.807, 2.05) is 33.3 Å². The molecule has 0 radical (unpaired) electrons. The summed E-state index contributed by atoms with van der Waals surface area (Å²) in [6.45, 7) is 4.35. The van der Waals surface area contributed by atoms with Gasteiger partial charge in [-0.2, -0.15) is 0 Å². The molecule has 0 saturated heterocycles.